The lowest BCUT2D eigenvalue weighted by molar-refractivity contribution is 0.0947. The summed E-state index contributed by atoms with van der Waals surface area (Å²) in [5, 5.41) is 2.84. The predicted octanol–water partition coefficient (Wildman–Crippen LogP) is 1.32. The third kappa shape index (κ3) is 3.23. The van der Waals surface area contributed by atoms with Crippen molar-refractivity contribution in [1.82, 2.24) is 10.3 Å². The summed E-state index contributed by atoms with van der Waals surface area (Å²) >= 11 is 1.56. The summed E-state index contributed by atoms with van der Waals surface area (Å²) in [6.07, 6.45) is 1.72. The fourth-order valence-corrected chi connectivity index (χ4v) is 2.23. The number of amides is 1. The van der Waals surface area contributed by atoms with Gasteiger partial charge in [-0.15, -0.1) is 11.3 Å². The average Bonchev–Trinajstić information content (AvgIpc) is 3.04. The van der Waals surface area contributed by atoms with Crippen LogP contribution in [0, 0.1) is 11.8 Å². The third-order valence-electron chi connectivity index (χ3n) is 2.24. The standard InChI is InChI=1S/C13H13N3OS/c14-7-1-3-10-5-6-11(18-10)9-16-13(17)12-4-2-8-15-12/h2,4-6,8,15H,7,9,14H2,(H,16,17). The van der Waals surface area contributed by atoms with Crippen molar-refractivity contribution in [2.45, 2.75) is 6.54 Å². The summed E-state index contributed by atoms with van der Waals surface area (Å²) in [6.45, 7) is 0.865. The van der Waals surface area contributed by atoms with Gasteiger partial charge in [-0.1, -0.05) is 11.8 Å². The van der Waals surface area contributed by atoms with Crippen LogP contribution in [0.25, 0.3) is 0 Å². The van der Waals surface area contributed by atoms with Gasteiger partial charge < -0.3 is 16.0 Å². The maximum Gasteiger partial charge on any atom is 0.267 e. The van der Waals surface area contributed by atoms with Gasteiger partial charge in [-0.25, -0.2) is 0 Å². The van der Waals surface area contributed by atoms with Crippen LogP contribution in [0.4, 0.5) is 0 Å². The molecule has 0 spiro atoms. The number of hydrogen-bond donors (Lipinski definition) is 3. The van der Waals surface area contributed by atoms with Crippen molar-refractivity contribution in [3.63, 3.8) is 0 Å². The van der Waals surface area contributed by atoms with Crippen molar-refractivity contribution >= 4 is 17.2 Å². The molecule has 0 aromatic carbocycles. The average molecular weight is 259 g/mol. The summed E-state index contributed by atoms with van der Waals surface area (Å²) in [7, 11) is 0. The van der Waals surface area contributed by atoms with E-state index in [4.69, 9.17) is 5.73 Å². The van der Waals surface area contributed by atoms with Gasteiger partial charge in [0.25, 0.3) is 5.91 Å². The van der Waals surface area contributed by atoms with Gasteiger partial charge in [-0.3, -0.25) is 4.79 Å². The van der Waals surface area contributed by atoms with Crippen molar-refractivity contribution in [1.29, 1.82) is 0 Å². The smallest absolute Gasteiger partial charge is 0.267 e. The fourth-order valence-electron chi connectivity index (χ4n) is 1.41. The maximum absolute atomic E-state index is 11.7. The maximum atomic E-state index is 11.7. The van der Waals surface area contributed by atoms with E-state index in [-0.39, 0.29) is 5.91 Å². The molecule has 2 rings (SSSR count). The molecule has 5 heteroatoms. The van der Waals surface area contributed by atoms with Crippen LogP contribution < -0.4 is 11.1 Å². The van der Waals surface area contributed by atoms with Gasteiger partial charge in [0.1, 0.15) is 5.69 Å². The number of aromatic nitrogens is 1. The molecule has 2 aromatic heterocycles. The zero-order valence-corrected chi connectivity index (χ0v) is 10.5. The molecule has 4 nitrogen and oxygen atoms in total. The van der Waals surface area contributed by atoms with E-state index in [0.717, 1.165) is 9.75 Å². The second kappa shape index (κ2) is 6.05. The first-order valence-electron chi connectivity index (χ1n) is 5.49. The minimum atomic E-state index is -0.108. The van der Waals surface area contributed by atoms with Crippen molar-refractivity contribution in [3.8, 4) is 11.8 Å². The van der Waals surface area contributed by atoms with Crippen molar-refractivity contribution in [2.24, 2.45) is 5.73 Å². The Morgan fingerprint density at radius 2 is 2.33 bits per heavy atom. The molecule has 0 saturated heterocycles. The Labute approximate surface area is 109 Å². The molecule has 0 radical (unpaired) electrons. The van der Waals surface area contributed by atoms with Crippen molar-refractivity contribution < 1.29 is 4.79 Å². The summed E-state index contributed by atoms with van der Waals surface area (Å²) < 4.78 is 0. The number of carbonyl (C=O) groups excluding carboxylic acids is 1. The van der Waals surface area contributed by atoms with Crippen LogP contribution in [0.15, 0.2) is 30.5 Å². The number of carbonyl (C=O) groups is 1. The van der Waals surface area contributed by atoms with E-state index in [0.29, 0.717) is 18.8 Å². The number of nitrogens with one attached hydrogen (secondary N) is 2. The first-order chi connectivity index (χ1) is 8.79. The van der Waals surface area contributed by atoms with E-state index in [1.807, 2.05) is 12.1 Å². The topological polar surface area (TPSA) is 70.9 Å². The number of thiophene rings is 1. The van der Waals surface area contributed by atoms with Crippen molar-refractivity contribution in [3.05, 3.63) is 45.9 Å². The number of rotatable bonds is 3. The quantitative estimate of drug-likeness (QED) is 0.727. The van der Waals surface area contributed by atoms with Gasteiger partial charge >= 0.3 is 0 Å². The first kappa shape index (κ1) is 12.4. The molecule has 2 heterocycles. The Kier molecular flexibility index (Phi) is 4.18. The summed E-state index contributed by atoms with van der Waals surface area (Å²) in [5.41, 5.74) is 5.87. The Morgan fingerprint density at radius 3 is 3.06 bits per heavy atom. The van der Waals surface area contributed by atoms with Crippen LogP contribution in [0.2, 0.25) is 0 Å². The number of aromatic amines is 1. The van der Waals surface area contributed by atoms with Gasteiger partial charge in [0.15, 0.2) is 0 Å². The number of hydrogen-bond acceptors (Lipinski definition) is 3. The lowest BCUT2D eigenvalue weighted by Gasteiger charge is -2.00. The lowest BCUT2D eigenvalue weighted by Crippen LogP contribution is -2.22. The van der Waals surface area contributed by atoms with Gasteiger partial charge in [0, 0.05) is 11.1 Å². The molecule has 0 aliphatic heterocycles. The molecule has 0 bridgehead atoms. The highest BCUT2D eigenvalue weighted by Crippen LogP contribution is 2.15. The van der Waals surface area contributed by atoms with Crippen LogP contribution in [-0.2, 0) is 6.54 Å². The molecule has 18 heavy (non-hydrogen) atoms. The highest BCUT2D eigenvalue weighted by molar-refractivity contribution is 7.12. The molecular weight excluding hydrogens is 246 g/mol. The van der Waals surface area contributed by atoms with Gasteiger partial charge in [0.05, 0.1) is 18.0 Å². The zero-order chi connectivity index (χ0) is 12.8. The number of H-pyrrole nitrogens is 1. The molecule has 4 N–H and O–H groups in total. The van der Waals surface area contributed by atoms with Crippen LogP contribution in [0.5, 0.6) is 0 Å². The minimum absolute atomic E-state index is 0.108. The third-order valence-corrected chi connectivity index (χ3v) is 3.24. The van der Waals surface area contributed by atoms with E-state index in [1.165, 1.54) is 0 Å². The molecular formula is C13H13N3OS. The largest absolute Gasteiger partial charge is 0.357 e. The Bertz CT molecular complexity index is 575. The van der Waals surface area contributed by atoms with Gasteiger partial charge in [-0.05, 0) is 24.3 Å². The first-order valence-corrected chi connectivity index (χ1v) is 6.30. The Hall–Kier alpha value is -2.03. The highest BCUT2D eigenvalue weighted by Gasteiger charge is 2.05. The molecule has 0 fully saturated rings. The molecule has 0 unspecified atom stereocenters. The van der Waals surface area contributed by atoms with Gasteiger partial charge in [0.2, 0.25) is 0 Å². The van der Waals surface area contributed by atoms with Crippen LogP contribution in [0.3, 0.4) is 0 Å². The summed E-state index contributed by atoms with van der Waals surface area (Å²) in [5.74, 6) is 5.66. The van der Waals surface area contributed by atoms with E-state index in [2.05, 4.69) is 22.1 Å². The molecule has 0 saturated carbocycles. The van der Waals surface area contributed by atoms with Crippen LogP contribution >= 0.6 is 11.3 Å². The van der Waals surface area contributed by atoms with E-state index < -0.39 is 0 Å². The number of nitrogens with two attached hydrogens (primary N) is 1. The van der Waals surface area contributed by atoms with E-state index >= 15 is 0 Å². The second-order valence-electron chi connectivity index (χ2n) is 3.54. The normalized spacial score (nSPS) is 9.61. The Morgan fingerprint density at radius 1 is 1.44 bits per heavy atom. The minimum Gasteiger partial charge on any atom is -0.357 e. The Balaban J connectivity index is 1.90. The molecule has 0 aliphatic rings. The van der Waals surface area contributed by atoms with Gasteiger partial charge in [-0.2, -0.15) is 0 Å². The van der Waals surface area contributed by atoms with E-state index in [1.54, 1.807) is 29.7 Å². The summed E-state index contributed by atoms with van der Waals surface area (Å²) in [4.78, 5) is 16.6. The zero-order valence-electron chi connectivity index (χ0n) is 9.69. The molecule has 1 amide bonds. The fraction of sp³-hybridized carbons (Fsp3) is 0.154. The molecule has 92 valence electrons. The SMILES string of the molecule is NCC#Cc1ccc(CNC(=O)c2ccc[nH]2)s1. The lowest BCUT2D eigenvalue weighted by atomic mass is 10.4. The van der Waals surface area contributed by atoms with Crippen LogP contribution in [0.1, 0.15) is 20.2 Å². The molecule has 2 aromatic rings. The predicted molar refractivity (Wildman–Crippen MR) is 72.2 cm³/mol. The monoisotopic (exact) mass is 259 g/mol. The molecule has 0 atom stereocenters. The summed E-state index contributed by atoms with van der Waals surface area (Å²) in [6, 6.07) is 7.42. The van der Waals surface area contributed by atoms with E-state index in [9.17, 15) is 4.79 Å². The highest BCUT2D eigenvalue weighted by atomic mass is 32.1. The second-order valence-corrected chi connectivity index (χ2v) is 4.71. The van der Waals surface area contributed by atoms with Crippen molar-refractivity contribution in [2.75, 3.05) is 6.54 Å². The van der Waals surface area contributed by atoms with Crippen LogP contribution in [-0.4, -0.2) is 17.4 Å². The molecule has 0 aliphatic carbocycles.